The van der Waals surface area contributed by atoms with Crippen LogP contribution in [0, 0.1) is 11.8 Å². The van der Waals surface area contributed by atoms with Crippen LogP contribution in [0.2, 0.25) is 0 Å². The first kappa shape index (κ1) is 30.7. The lowest BCUT2D eigenvalue weighted by Gasteiger charge is -2.23. The van der Waals surface area contributed by atoms with Crippen LogP contribution in [0.3, 0.4) is 0 Å². The van der Waals surface area contributed by atoms with E-state index in [0.717, 1.165) is 38.9 Å². The van der Waals surface area contributed by atoms with Gasteiger partial charge in [0.1, 0.15) is 0 Å². The summed E-state index contributed by atoms with van der Waals surface area (Å²) in [4.78, 5) is 51.8. The van der Waals surface area contributed by atoms with Gasteiger partial charge in [0.15, 0.2) is 0 Å². The largest absolute Gasteiger partial charge is 0.466 e. The molecule has 4 aliphatic rings. The minimum atomic E-state index is -1.25. The second-order valence-electron chi connectivity index (χ2n) is 10.8. The minimum Gasteiger partial charge on any atom is -0.466 e. The molecule has 0 spiro atoms. The van der Waals surface area contributed by atoms with E-state index >= 15 is 0 Å². The molecule has 4 rings (SSSR count). The first-order chi connectivity index (χ1) is 19.5. The highest BCUT2D eigenvalue weighted by Crippen LogP contribution is 2.26. The fourth-order valence-corrected chi connectivity index (χ4v) is 4.37. The van der Waals surface area contributed by atoms with E-state index in [4.69, 9.17) is 37.9 Å². The van der Waals surface area contributed by atoms with Crippen molar-refractivity contribution in [3.63, 3.8) is 0 Å². The second kappa shape index (κ2) is 16.2. The normalized spacial score (nSPS) is 25.3. The Labute approximate surface area is 234 Å². The van der Waals surface area contributed by atoms with Crippen molar-refractivity contribution in [3.8, 4) is 0 Å². The number of rotatable bonds is 23. The Hall–Kier alpha value is -2.28. The van der Waals surface area contributed by atoms with Crippen molar-refractivity contribution >= 4 is 23.9 Å². The summed E-state index contributed by atoms with van der Waals surface area (Å²) in [6.45, 7) is 3.41. The topological polar surface area (TPSA) is 155 Å². The summed E-state index contributed by atoms with van der Waals surface area (Å²) in [6, 6.07) is 0. The lowest BCUT2D eigenvalue weighted by Crippen LogP contribution is -2.36. The van der Waals surface area contributed by atoms with E-state index in [1.165, 1.54) is 0 Å². The van der Waals surface area contributed by atoms with Crippen LogP contribution in [-0.2, 0) is 57.1 Å². The van der Waals surface area contributed by atoms with Crippen LogP contribution in [0.25, 0.3) is 0 Å². The van der Waals surface area contributed by atoms with Crippen LogP contribution in [0.1, 0.15) is 64.2 Å². The molecule has 0 aromatic carbocycles. The lowest BCUT2D eigenvalue weighted by atomic mass is 9.86. The zero-order chi connectivity index (χ0) is 28.2. The highest BCUT2D eigenvalue weighted by Gasteiger charge is 2.40. The molecule has 226 valence electrons. The summed E-state index contributed by atoms with van der Waals surface area (Å²) in [7, 11) is 0. The number of esters is 4. The van der Waals surface area contributed by atoms with E-state index in [1.54, 1.807) is 0 Å². The van der Waals surface area contributed by atoms with Crippen LogP contribution in [0.4, 0.5) is 0 Å². The maximum atomic E-state index is 13.2. The summed E-state index contributed by atoms with van der Waals surface area (Å²) < 4.78 is 42.2. The molecule has 12 heteroatoms. The molecule has 6 unspecified atom stereocenters. The first-order valence-electron chi connectivity index (χ1n) is 14.6. The third-order valence-electron chi connectivity index (χ3n) is 7.17. The second-order valence-corrected chi connectivity index (χ2v) is 10.8. The zero-order valence-electron chi connectivity index (χ0n) is 23.1. The fraction of sp³-hybridized carbons (Fsp3) is 0.857. The van der Waals surface area contributed by atoms with Gasteiger partial charge in [0.2, 0.25) is 0 Å². The van der Waals surface area contributed by atoms with E-state index in [-0.39, 0.29) is 50.8 Å². The Morgan fingerprint density at radius 1 is 0.500 bits per heavy atom. The number of hydrogen-bond donors (Lipinski definition) is 0. The Morgan fingerprint density at radius 3 is 1.05 bits per heavy atom. The van der Waals surface area contributed by atoms with E-state index in [2.05, 4.69) is 0 Å². The van der Waals surface area contributed by atoms with Crippen LogP contribution in [0.15, 0.2) is 0 Å². The predicted molar refractivity (Wildman–Crippen MR) is 136 cm³/mol. The third-order valence-corrected chi connectivity index (χ3v) is 7.17. The van der Waals surface area contributed by atoms with Crippen molar-refractivity contribution in [2.45, 2.75) is 88.6 Å². The van der Waals surface area contributed by atoms with Crippen LogP contribution < -0.4 is 0 Å². The maximum Gasteiger partial charge on any atom is 0.310 e. The van der Waals surface area contributed by atoms with E-state index in [1.807, 2.05) is 0 Å². The van der Waals surface area contributed by atoms with Gasteiger partial charge in [-0.25, -0.2) is 0 Å². The smallest absolute Gasteiger partial charge is 0.310 e. The number of ether oxygens (including phenoxy) is 8. The van der Waals surface area contributed by atoms with Crippen molar-refractivity contribution in [3.05, 3.63) is 0 Å². The Balaban J connectivity index is 1.33. The SMILES string of the molecule is O=C(CC(C(=O)OCCCC1CO1)C(CC(=O)OCCCC1CO1)C(=O)OCCCC1CO1)OCCCC1CO1. The molecule has 4 saturated heterocycles. The molecule has 6 atom stereocenters. The lowest BCUT2D eigenvalue weighted by molar-refractivity contribution is -0.167. The van der Waals surface area contributed by atoms with Gasteiger partial charge in [-0.1, -0.05) is 0 Å². The van der Waals surface area contributed by atoms with E-state index in [0.29, 0.717) is 38.9 Å². The van der Waals surface area contributed by atoms with Gasteiger partial charge in [-0.05, 0) is 51.4 Å². The summed E-state index contributed by atoms with van der Waals surface area (Å²) >= 11 is 0. The van der Waals surface area contributed by atoms with Gasteiger partial charge in [-0.15, -0.1) is 0 Å². The van der Waals surface area contributed by atoms with E-state index in [9.17, 15) is 19.2 Å². The van der Waals surface area contributed by atoms with Gasteiger partial charge >= 0.3 is 23.9 Å². The molecule has 0 saturated carbocycles. The van der Waals surface area contributed by atoms with Crippen molar-refractivity contribution in [1.82, 2.24) is 0 Å². The molecule has 0 radical (unpaired) electrons. The van der Waals surface area contributed by atoms with Gasteiger partial charge in [-0.3, -0.25) is 19.2 Å². The first-order valence-corrected chi connectivity index (χ1v) is 14.6. The van der Waals surface area contributed by atoms with Gasteiger partial charge in [0.25, 0.3) is 0 Å². The van der Waals surface area contributed by atoms with Gasteiger partial charge in [0, 0.05) is 0 Å². The molecule has 0 amide bonds. The highest BCUT2D eigenvalue weighted by molar-refractivity contribution is 5.88. The number of carbonyl (C=O) groups is 4. The highest BCUT2D eigenvalue weighted by atomic mass is 16.6. The fourth-order valence-electron chi connectivity index (χ4n) is 4.37. The molecule has 0 N–H and O–H groups in total. The molecule has 0 aromatic heterocycles. The number of hydrogen-bond acceptors (Lipinski definition) is 12. The summed E-state index contributed by atoms with van der Waals surface area (Å²) in [5.74, 6) is -5.27. The number of epoxide rings is 4. The third kappa shape index (κ3) is 12.9. The molecule has 4 fully saturated rings. The Morgan fingerprint density at radius 2 is 0.775 bits per heavy atom. The zero-order valence-corrected chi connectivity index (χ0v) is 23.1. The maximum absolute atomic E-state index is 13.2. The molecule has 40 heavy (non-hydrogen) atoms. The summed E-state index contributed by atoms with van der Waals surface area (Å²) in [6.07, 6.45) is 5.48. The number of carbonyl (C=O) groups excluding carboxylic acids is 4. The summed E-state index contributed by atoms with van der Waals surface area (Å²) in [5.41, 5.74) is 0. The van der Waals surface area contributed by atoms with Gasteiger partial charge in [0.05, 0.1) is 102 Å². The minimum absolute atomic E-state index is 0.114. The van der Waals surface area contributed by atoms with Crippen LogP contribution in [-0.4, -0.2) is 101 Å². The van der Waals surface area contributed by atoms with Gasteiger partial charge < -0.3 is 37.9 Å². The summed E-state index contributed by atoms with van der Waals surface area (Å²) in [5, 5.41) is 0. The molecule has 0 aromatic rings. The molecule has 0 aliphatic carbocycles. The molecule has 12 nitrogen and oxygen atoms in total. The quantitative estimate of drug-likeness (QED) is 0.0762. The van der Waals surface area contributed by atoms with Crippen LogP contribution >= 0.6 is 0 Å². The monoisotopic (exact) mass is 570 g/mol. The standard InChI is InChI=1S/C28H42O12/c29-25(33-9-1-5-19-15-37-19)13-23(27(31)35-11-3-7-21-17-39-21)24(28(32)36-12-4-8-22-18-40-22)14-26(30)34-10-2-6-20-16-38-20/h19-24H,1-18H2. The Bertz CT molecular complexity index is 763. The molecule has 0 bridgehead atoms. The van der Waals surface area contributed by atoms with Crippen LogP contribution in [0.5, 0.6) is 0 Å². The average molecular weight is 571 g/mol. The molecular formula is C28H42O12. The van der Waals surface area contributed by atoms with Crippen molar-refractivity contribution in [1.29, 1.82) is 0 Å². The van der Waals surface area contributed by atoms with Crippen molar-refractivity contribution < 1.29 is 57.1 Å². The Kier molecular flexibility index (Phi) is 12.4. The van der Waals surface area contributed by atoms with E-state index < -0.39 is 48.6 Å². The van der Waals surface area contributed by atoms with Crippen molar-refractivity contribution in [2.75, 3.05) is 52.9 Å². The average Bonchev–Trinajstić information content (AvgIpc) is 3.77. The molecule has 4 heterocycles. The predicted octanol–water partition coefficient (Wildman–Crippen LogP) is 1.89. The van der Waals surface area contributed by atoms with Gasteiger partial charge in [-0.2, -0.15) is 0 Å². The molecular weight excluding hydrogens is 528 g/mol. The van der Waals surface area contributed by atoms with Crippen molar-refractivity contribution in [2.24, 2.45) is 11.8 Å². The molecule has 4 aliphatic heterocycles.